The maximum Gasteiger partial charge on any atom is 0.253 e. The molecule has 1 aliphatic carbocycles. The maximum absolute atomic E-state index is 12.4. The van der Waals surface area contributed by atoms with Gasteiger partial charge in [-0.1, -0.05) is 0 Å². The summed E-state index contributed by atoms with van der Waals surface area (Å²) in [6.07, 6.45) is 2.26. The van der Waals surface area contributed by atoms with Crippen LogP contribution in [0.2, 0.25) is 0 Å². The zero-order valence-electron chi connectivity index (χ0n) is 13.9. The number of rotatable bonds is 6. The molecule has 2 amide bonds. The van der Waals surface area contributed by atoms with Gasteiger partial charge in [-0.15, -0.1) is 0 Å². The van der Waals surface area contributed by atoms with Gasteiger partial charge in [-0.3, -0.25) is 14.5 Å². The first-order valence-electron chi connectivity index (χ1n) is 8.31. The largest absolute Gasteiger partial charge is 0.370 e. The zero-order valence-corrected chi connectivity index (χ0v) is 13.9. The van der Waals surface area contributed by atoms with E-state index in [0.717, 1.165) is 18.5 Å². The minimum absolute atomic E-state index is 0.0488. The van der Waals surface area contributed by atoms with Gasteiger partial charge in [0.25, 0.3) is 5.91 Å². The number of nitrogens with two attached hydrogens (primary N) is 1. The highest BCUT2D eigenvalue weighted by atomic mass is 16.5. The first-order chi connectivity index (χ1) is 11.6. The molecule has 1 aromatic rings. The number of nitrogens with one attached hydrogen (secondary N) is 1. The molecule has 7 heteroatoms. The molecule has 2 aliphatic rings. The van der Waals surface area contributed by atoms with Crippen molar-refractivity contribution in [1.82, 2.24) is 4.90 Å². The van der Waals surface area contributed by atoms with Crippen LogP contribution in [0.3, 0.4) is 0 Å². The number of benzene rings is 1. The van der Waals surface area contributed by atoms with E-state index in [1.54, 1.807) is 17.0 Å². The lowest BCUT2D eigenvalue weighted by Crippen LogP contribution is -2.47. The smallest absolute Gasteiger partial charge is 0.253 e. The number of carbonyl (C=O) groups is 2. The number of amides is 2. The molecule has 2 fully saturated rings. The molecule has 1 aromatic carbocycles. The lowest BCUT2D eigenvalue weighted by atomic mass is 10.2. The van der Waals surface area contributed by atoms with Gasteiger partial charge in [0, 0.05) is 30.5 Å². The van der Waals surface area contributed by atoms with Crippen molar-refractivity contribution in [3.8, 4) is 0 Å². The van der Waals surface area contributed by atoms with Gasteiger partial charge in [0.1, 0.15) is 12.6 Å². The summed E-state index contributed by atoms with van der Waals surface area (Å²) in [4.78, 5) is 28.0. The molecule has 1 saturated heterocycles. The average molecular weight is 332 g/mol. The van der Waals surface area contributed by atoms with Gasteiger partial charge in [0.15, 0.2) is 0 Å². The fraction of sp³-hybridized carbons (Fsp3) is 0.529. The van der Waals surface area contributed by atoms with E-state index in [2.05, 4.69) is 10.2 Å². The fourth-order valence-corrected chi connectivity index (χ4v) is 2.94. The zero-order chi connectivity index (χ0) is 17.1. The predicted octanol–water partition coefficient (Wildman–Crippen LogP) is 0.410. The molecule has 0 spiro atoms. The molecule has 0 bridgehead atoms. The summed E-state index contributed by atoms with van der Waals surface area (Å²) in [5, 5.41) is 2.91. The van der Waals surface area contributed by atoms with E-state index >= 15 is 0 Å². The van der Waals surface area contributed by atoms with Crippen LogP contribution in [0.15, 0.2) is 24.3 Å². The number of hydrogen-bond acceptors (Lipinski definition) is 5. The second-order valence-electron chi connectivity index (χ2n) is 6.28. The number of carbonyl (C=O) groups excluding carboxylic acids is 2. The van der Waals surface area contributed by atoms with Crippen molar-refractivity contribution in [2.24, 2.45) is 5.73 Å². The van der Waals surface area contributed by atoms with Crippen LogP contribution in [-0.2, 0) is 14.3 Å². The van der Waals surface area contributed by atoms with Crippen molar-refractivity contribution >= 4 is 23.2 Å². The minimum Gasteiger partial charge on any atom is -0.370 e. The molecular formula is C17H24N4O3. The topological polar surface area (TPSA) is 87.9 Å². The van der Waals surface area contributed by atoms with E-state index in [1.165, 1.54) is 0 Å². The summed E-state index contributed by atoms with van der Waals surface area (Å²) in [5.41, 5.74) is 7.29. The highest BCUT2D eigenvalue weighted by Gasteiger charge is 2.33. The molecule has 24 heavy (non-hydrogen) atoms. The van der Waals surface area contributed by atoms with Crippen LogP contribution in [0.4, 0.5) is 11.4 Å². The Balaban J connectivity index is 1.62. The van der Waals surface area contributed by atoms with E-state index in [-0.39, 0.29) is 24.5 Å². The molecule has 0 radical (unpaired) electrons. The second kappa shape index (κ2) is 7.29. The third kappa shape index (κ3) is 3.75. The van der Waals surface area contributed by atoms with E-state index in [1.807, 2.05) is 19.2 Å². The predicted molar refractivity (Wildman–Crippen MR) is 91.9 cm³/mol. The van der Waals surface area contributed by atoms with Gasteiger partial charge in [0.2, 0.25) is 5.91 Å². The number of hydrogen-bond donors (Lipinski definition) is 2. The number of likely N-dealkylation sites (N-methyl/N-ethyl adjacent to an activating group) is 1. The van der Waals surface area contributed by atoms with Gasteiger partial charge in [-0.25, -0.2) is 0 Å². The minimum atomic E-state index is -0.321. The number of ether oxygens (including phenoxy) is 1. The van der Waals surface area contributed by atoms with Crippen LogP contribution in [0, 0.1) is 0 Å². The molecule has 7 nitrogen and oxygen atoms in total. The Kier molecular flexibility index (Phi) is 5.13. The van der Waals surface area contributed by atoms with Crippen LogP contribution < -0.4 is 16.0 Å². The van der Waals surface area contributed by atoms with E-state index in [9.17, 15) is 9.59 Å². The first kappa shape index (κ1) is 16.9. The van der Waals surface area contributed by atoms with Crippen molar-refractivity contribution in [3.63, 3.8) is 0 Å². The van der Waals surface area contributed by atoms with Crippen LogP contribution in [0.25, 0.3) is 0 Å². The van der Waals surface area contributed by atoms with E-state index < -0.39 is 0 Å². The van der Waals surface area contributed by atoms with Crippen molar-refractivity contribution < 1.29 is 14.3 Å². The van der Waals surface area contributed by atoms with Crippen LogP contribution in [0.5, 0.6) is 0 Å². The summed E-state index contributed by atoms with van der Waals surface area (Å²) >= 11 is 0. The molecule has 3 N–H and O–H groups in total. The van der Waals surface area contributed by atoms with Crippen LogP contribution in [0.1, 0.15) is 12.8 Å². The van der Waals surface area contributed by atoms with Crippen LogP contribution >= 0.6 is 0 Å². The fourth-order valence-electron chi connectivity index (χ4n) is 2.94. The Morgan fingerprint density at radius 1 is 1.42 bits per heavy atom. The molecule has 130 valence electrons. The summed E-state index contributed by atoms with van der Waals surface area (Å²) < 4.78 is 5.13. The molecule has 0 unspecified atom stereocenters. The Hall–Kier alpha value is -1.96. The van der Waals surface area contributed by atoms with Gasteiger partial charge >= 0.3 is 0 Å². The number of nitrogens with zero attached hydrogens (tertiary/aromatic N) is 2. The molecule has 1 aliphatic heterocycles. The first-order valence-corrected chi connectivity index (χ1v) is 8.31. The number of morpholine rings is 1. The lowest BCUT2D eigenvalue weighted by Gasteiger charge is -2.27. The third-order valence-corrected chi connectivity index (χ3v) is 4.57. The highest BCUT2D eigenvalue weighted by Crippen LogP contribution is 2.27. The Morgan fingerprint density at radius 2 is 2.12 bits per heavy atom. The number of anilines is 2. The summed E-state index contributed by atoms with van der Waals surface area (Å²) in [6, 6.07) is 7.43. The van der Waals surface area contributed by atoms with E-state index in [4.69, 9.17) is 10.5 Å². The molecule has 1 saturated carbocycles. The van der Waals surface area contributed by atoms with Crippen molar-refractivity contribution in [2.45, 2.75) is 24.9 Å². The highest BCUT2D eigenvalue weighted by molar-refractivity contribution is 5.97. The molecule has 1 heterocycles. The SMILES string of the molecule is CN(C1CC1)[C@H](CN)C(=O)Nc1ccc(N2CCOCC2=O)cc1. The second-order valence-corrected chi connectivity index (χ2v) is 6.28. The molecule has 3 rings (SSSR count). The Bertz CT molecular complexity index is 600. The monoisotopic (exact) mass is 332 g/mol. The Labute approximate surface area is 141 Å². The summed E-state index contributed by atoms with van der Waals surface area (Å²) in [6.45, 7) is 1.49. The lowest BCUT2D eigenvalue weighted by molar-refractivity contribution is -0.125. The normalized spacial score (nSPS) is 19.5. The summed E-state index contributed by atoms with van der Waals surface area (Å²) in [7, 11) is 1.95. The van der Waals surface area contributed by atoms with Crippen molar-refractivity contribution in [2.75, 3.05) is 43.6 Å². The molecule has 0 aromatic heterocycles. The van der Waals surface area contributed by atoms with Gasteiger partial charge in [0.05, 0.1) is 6.61 Å². The van der Waals surface area contributed by atoms with Crippen molar-refractivity contribution in [3.05, 3.63) is 24.3 Å². The van der Waals surface area contributed by atoms with E-state index in [0.29, 0.717) is 31.4 Å². The molecule has 1 atom stereocenters. The maximum atomic E-state index is 12.4. The standard InChI is InChI=1S/C17H24N4O3/c1-20(13-6-7-13)15(10-18)17(23)19-12-2-4-14(5-3-12)21-8-9-24-11-16(21)22/h2-5,13,15H,6-11,18H2,1H3,(H,19,23)/t15-/m1/s1. The van der Waals surface area contributed by atoms with Gasteiger partial charge < -0.3 is 20.7 Å². The molecular weight excluding hydrogens is 308 g/mol. The summed E-state index contributed by atoms with van der Waals surface area (Å²) in [5.74, 6) is -0.144. The van der Waals surface area contributed by atoms with Gasteiger partial charge in [-0.05, 0) is 44.2 Å². The average Bonchev–Trinajstić information content (AvgIpc) is 3.42. The quantitative estimate of drug-likeness (QED) is 0.788. The van der Waals surface area contributed by atoms with Crippen LogP contribution in [-0.4, -0.2) is 62.1 Å². The third-order valence-electron chi connectivity index (χ3n) is 4.57. The van der Waals surface area contributed by atoms with Crippen molar-refractivity contribution in [1.29, 1.82) is 0 Å². The Morgan fingerprint density at radius 3 is 2.71 bits per heavy atom. The van der Waals surface area contributed by atoms with Gasteiger partial charge in [-0.2, -0.15) is 0 Å².